The summed E-state index contributed by atoms with van der Waals surface area (Å²) < 4.78 is 22.7. The molecule has 8 rings (SSSR count). The molecule has 7 aliphatic carbocycles. The highest BCUT2D eigenvalue weighted by Gasteiger charge is 2.63. The van der Waals surface area contributed by atoms with Crippen LogP contribution in [-0.2, 0) is 38.1 Å². The lowest BCUT2D eigenvalue weighted by atomic mass is 9.52. The van der Waals surface area contributed by atoms with Crippen LogP contribution < -0.4 is 0 Å². The van der Waals surface area contributed by atoms with Gasteiger partial charge in [-0.25, -0.2) is 0 Å². The average molecular weight is 759 g/mol. The van der Waals surface area contributed by atoms with Gasteiger partial charge >= 0.3 is 23.9 Å². The SMILES string of the molecule is CCC(C)(C)C(=O)OC(C)(C)C1CCC(C)CC1.CCC(C)(C)C(=O)OC12CC3CC(CC(O)(C3)C1)C2.CCC(C)C(=O)OC1C2CC3C(=O)OC1C3C2. The number of ether oxygens (including phenoxy) is 4. The first-order valence-corrected chi connectivity index (χ1v) is 21.7. The molecule has 8 atom stereocenters. The topological polar surface area (TPSA) is 125 Å². The zero-order valence-electron chi connectivity index (χ0n) is 35.6. The Morgan fingerprint density at radius 2 is 1.43 bits per heavy atom. The molecule has 0 amide bonds. The Bertz CT molecular complexity index is 1360. The molecule has 0 radical (unpaired) electrons. The molecule has 8 unspecified atom stereocenters. The van der Waals surface area contributed by atoms with Crippen molar-refractivity contribution in [1.82, 2.24) is 0 Å². The summed E-state index contributed by atoms with van der Waals surface area (Å²) in [6, 6.07) is 0. The minimum atomic E-state index is -0.555. The van der Waals surface area contributed by atoms with Crippen molar-refractivity contribution in [2.45, 2.75) is 201 Å². The van der Waals surface area contributed by atoms with Crippen molar-refractivity contribution >= 4 is 23.9 Å². The van der Waals surface area contributed by atoms with Crippen LogP contribution in [0.3, 0.4) is 0 Å². The Hall–Kier alpha value is -2.16. The van der Waals surface area contributed by atoms with Crippen LogP contribution in [0.5, 0.6) is 0 Å². The highest BCUT2D eigenvalue weighted by molar-refractivity contribution is 5.78. The fraction of sp³-hybridized carbons (Fsp3) is 0.911. The maximum absolute atomic E-state index is 12.4. The van der Waals surface area contributed by atoms with Crippen molar-refractivity contribution < 1.29 is 43.2 Å². The van der Waals surface area contributed by atoms with Gasteiger partial charge in [0, 0.05) is 18.3 Å². The van der Waals surface area contributed by atoms with Crippen LogP contribution in [0.1, 0.15) is 172 Å². The molecule has 1 heterocycles. The summed E-state index contributed by atoms with van der Waals surface area (Å²) in [4.78, 5) is 47.9. The third-order valence-electron chi connectivity index (χ3n) is 15.2. The lowest BCUT2D eigenvalue weighted by molar-refractivity contribution is -0.225. The van der Waals surface area contributed by atoms with E-state index in [0.29, 0.717) is 36.0 Å². The Kier molecular flexibility index (Phi) is 12.7. The number of fused-ring (bicyclic) bond motifs is 1. The average Bonchev–Trinajstić information content (AvgIpc) is 3.72. The largest absolute Gasteiger partial charge is 0.459 e. The third-order valence-corrected chi connectivity index (χ3v) is 15.2. The number of hydrogen-bond acceptors (Lipinski definition) is 9. The molecule has 0 aromatic carbocycles. The van der Waals surface area contributed by atoms with Gasteiger partial charge in [0.25, 0.3) is 0 Å². The first-order valence-electron chi connectivity index (χ1n) is 21.7. The van der Waals surface area contributed by atoms with E-state index in [0.717, 1.165) is 63.7 Å². The highest BCUT2D eigenvalue weighted by Crippen LogP contribution is 2.59. The molecule has 54 heavy (non-hydrogen) atoms. The Balaban J connectivity index is 0.000000156. The summed E-state index contributed by atoms with van der Waals surface area (Å²) in [5, 5.41) is 10.6. The molecule has 7 saturated carbocycles. The van der Waals surface area contributed by atoms with Gasteiger partial charge in [-0.05, 0) is 142 Å². The predicted molar refractivity (Wildman–Crippen MR) is 207 cm³/mol. The molecule has 1 saturated heterocycles. The van der Waals surface area contributed by atoms with Crippen molar-refractivity contribution in [1.29, 1.82) is 0 Å². The highest BCUT2D eigenvalue weighted by atomic mass is 16.6. The molecule has 1 N–H and O–H groups in total. The van der Waals surface area contributed by atoms with E-state index in [9.17, 15) is 24.3 Å². The second kappa shape index (κ2) is 16.0. The second-order valence-electron chi connectivity index (χ2n) is 20.8. The summed E-state index contributed by atoms with van der Waals surface area (Å²) in [6.07, 6.45) is 14.5. The van der Waals surface area contributed by atoms with E-state index in [4.69, 9.17) is 18.9 Å². The van der Waals surface area contributed by atoms with Crippen LogP contribution in [-0.4, -0.2) is 58.0 Å². The zero-order valence-corrected chi connectivity index (χ0v) is 35.6. The molecule has 8 fully saturated rings. The molecule has 6 bridgehead atoms. The first-order chi connectivity index (χ1) is 25.1. The van der Waals surface area contributed by atoms with E-state index in [1.165, 1.54) is 32.1 Å². The van der Waals surface area contributed by atoms with E-state index < -0.39 is 11.0 Å². The van der Waals surface area contributed by atoms with Gasteiger partial charge in [-0.1, -0.05) is 47.5 Å². The minimum Gasteiger partial charge on any atom is -0.459 e. The van der Waals surface area contributed by atoms with Crippen LogP contribution in [0.2, 0.25) is 0 Å². The fourth-order valence-electron chi connectivity index (χ4n) is 10.8. The van der Waals surface area contributed by atoms with Crippen LogP contribution >= 0.6 is 0 Å². The van der Waals surface area contributed by atoms with Crippen molar-refractivity contribution in [3.8, 4) is 0 Å². The van der Waals surface area contributed by atoms with Crippen molar-refractivity contribution in [3.05, 3.63) is 0 Å². The van der Waals surface area contributed by atoms with E-state index in [1.807, 2.05) is 55.4 Å². The molecule has 9 nitrogen and oxygen atoms in total. The first kappa shape index (κ1) is 43.0. The number of carbonyl (C=O) groups excluding carboxylic acids is 4. The summed E-state index contributed by atoms with van der Waals surface area (Å²) in [6.45, 7) is 22.2. The Morgan fingerprint density at radius 1 is 0.852 bits per heavy atom. The normalized spacial score (nSPS) is 38.0. The van der Waals surface area contributed by atoms with Crippen LogP contribution in [0.15, 0.2) is 0 Å². The lowest BCUT2D eigenvalue weighted by Gasteiger charge is -2.59. The lowest BCUT2D eigenvalue weighted by Crippen LogP contribution is -2.61. The molecular formula is C45H74O9. The Morgan fingerprint density at radius 3 is 1.96 bits per heavy atom. The quantitative estimate of drug-likeness (QED) is 0.172. The zero-order chi connectivity index (χ0) is 40.0. The Labute approximate surface area is 326 Å². The minimum absolute atomic E-state index is 0.0476. The van der Waals surface area contributed by atoms with E-state index >= 15 is 0 Å². The van der Waals surface area contributed by atoms with Gasteiger partial charge in [0.2, 0.25) is 0 Å². The molecule has 8 aliphatic rings. The third kappa shape index (κ3) is 9.17. The van der Waals surface area contributed by atoms with Gasteiger partial charge in [0.15, 0.2) is 0 Å². The number of esters is 4. The van der Waals surface area contributed by atoms with E-state index in [2.05, 4.69) is 20.8 Å². The predicted octanol–water partition coefficient (Wildman–Crippen LogP) is 9.15. The fourth-order valence-corrected chi connectivity index (χ4v) is 10.8. The smallest absolute Gasteiger partial charge is 0.312 e. The number of hydrogen-bond donors (Lipinski definition) is 1. The molecule has 0 aromatic rings. The van der Waals surface area contributed by atoms with Gasteiger partial charge in [-0.3, -0.25) is 19.2 Å². The maximum atomic E-state index is 12.4. The van der Waals surface area contributed by atoms with Gasteiger partial charge in [0.1, 0.15) is 23.4 Å². The summed E-state index contributed by atoms with van der Waals surface area (Å²) in [5.41, 5.74) is -2.00. The van der Waals surface area contributed by atoms with Gasteiger partial charge < -0.3 is 24.1 Å². The molecule has 1 aliphatic heterocycles. The number of rotatable bonds is 10. The van der Waals surface area contributed by atoms with Gasteiger partial charge in [-0.2, -0.15) is 0 Å². The van der Waals surface area contributed by atoms with Crippen LogP contribution in [0.4, 0.5) is 0 Å². The summed E-state index contributed by atoms with van der Waals surface area (Å²) in [7, 11) is 0. The van der Waals surface area contributed by atoms with Gasteiger partial charge in [0.05, 0.1) is 28.3 Å². The summed E-state index contributed by atoms with van der Waals surface area (Å²) >= 11 is 0. The van der Waals surface area contributed by atoms with Crippen molar-refractivity contribution in [2.75, 3.05) is 0 Å². The maximum Gasteiger partial charge on any atom is 0.312 e. The number of carbonyl (C=O) groups is 4. The van der Waals surface area contributed by atoms with Crippen molar-refractivity contribution in [2.24, 2.45) is 58.2 Å². The molecule has 9 heteroatoms. The molecular weight excluding hydrogens is 684 g/mol. The van der Waals surface area contributed by atoms with Crippen molar-refractivity contribution in [3.63, 3.8) is 0 Å². The molecule has 0 spiro atoms. The number of aliphatic hydroxyl groups is 1. The monoisotopic (exact) mass is 759 g/mol. The molecule has 308 valence electrons. The van der Waals surface area contributed by atoms with Crippen LogP contribution in [0, 0.1) is 58.2 Å². The standard InChI is InChI=1S/C16H26O3.C16H30O2.C13H18O4/c1-4-14(2,3)13(17)19-16-8-11-5-12(9-16)7-15(18,6-11)10-16;1-7-15(3,4)14(17)18-16(5,6)13-10-8-12(2)9-11-13;1-3-6(2)12(14)16-10-7-4-8-9(5-7)13(15)17-11(8)10/h11-12,18H,4-10H2,1-3H3;12-13H,7-11H2,1-6H3;6-11H,3-5H2,1-2H3. The van der Waals surface area contributed by atoms with E-state index in [-0.39, 0.29) is 64.5 Å². The molecule has 0 aromatic heterocycles. The van der Waals surface area contributed by atoms with E-state index in [1.54, 1.807) is 0 Å². The van der Waals surface area contributed by atoms with Gasteiger partial charge in [-0.15, -0.1) is 0 Å². The van der Waals surface area contributed by atoms with Crippen LogP contribution in [0.25, 0.3) is 0 Å². The second-order valence-corrected chi connectivity index (χ2v) is 20.8. The summed E-state index contributed by atoms with van der Waals surface area (Å²) in [5.74, 6) is 2.78.